The highest BCUT2D eigenvalue weighted by molar-refractivity contribution is 7.53. The van der Waals surface area contributed by atoms with E-state index >= 15 is 0 Å². The summed E-state index contributed by atoms with van der Waals surface area (Å²) in [4.78, 5) is 0. The summed E-state index contributed by atoms with van der Waals surface area (Å²) < 4.78 is 20.9. The molecule has 0 aliphatic heterocycles. The molecule has 0 rings (SSSR count). The lowest BCUT2D eigenvalue weighted by molar-refractivity contribution is 0.273. The van der Waals surface area contributed by atoms with E-state index in [1.165, 1.54) is 14.2 Å². The second-order valence-corrected chi connectivity index (χ2v) is 4.69. The van der Waals surface area contributed by atoms with E-state index in [1.54, 1.807) is 6.08 Å². The van der Waals surface area contributed by atoms with Crippen LogP contribution in [0.25, 0.3) is 0 Å². The molecule has 0 saturated heterocycles. The van der Waals surface area contributed by atoms with Gasteiger partial charge in [0.25, 0.3) is 0 Å². The van der Waals surface area contributed by atoms with Crippen molar-refractivity contribution in [2.45, 2.75) is 6.92 Å². The van der Waals surface area contributed by atoms with Gasteiger partial charge in [-0.05, 0) is 5.92 Å². The maximum absolute atomic E-state index is 11.4. The van der Waals surface area contributed by atoms with Crippen LogP contribution in [0.5, 0.6) is 0 Å². The van der Waals surface area contributed by atoms with Gasteiger partial charge in [0, 0.05) is 14.2 Å². The third-order valence-electron chi connectivity index (χ3n) is 1.47. The molecule has 0 aromatic heterocycles. The van der Waals surface area contributed by atoms with Crippen LogP contribution in [0.2, 0.25) is 0 Å². The van der Waals surface area contributed by atoms with Gasteiger partial charge in [-0.2, -0.15) is 0 Å². The Bertz CT molecular complexity index is 159. The maximum atomic E-state index is 11.4. The lowest BCUT2D eigenvalue weighted by Gasteiger charge is -2.15. The first-order chi connectivity index (χ1) is 5.08. The molecule has 66 valence electrons. The molecule has 0 aromatic rings. The highest BCUT2D eigenvalue weighted by atomic mass is 31.2. The molecule has 0 aliphatic carbocycles. The van der Waals surface area contributed by atoms with Gasteiger partial charge in [-0.1, -0.05) is 13.0 Å². The smallest absolute Gasteiger partial charge is 0.312 e. The highest BCUT2D eigenvalue weighted by Crippen LogP contribution is 2.47. The number of rotatable bonds is 5. The minimum absolute atomic E-state index is 0.153. The van der Waals surface area contributed by atoms with Gasteiger partial charge in [-0.25, -0.2) is 0 Å². The maximum Gasteiger partial charge on any atom is 0.330 e. The third-order valence-corrected chi connectivity index (χ3v) is 3.61. The van der Waals surface area contributed by atoms with E-state index in [0.29, 0.717) is 6.16 Å². The van der Waals surface area contributed by atoms with Gasteiger partial charge in [-0.3, -0.25) is 4.57 Å². The van der Waals surface area contributed by atoms with E-state index < -0.39 is 7.60 Å². The van der Waals surface area contributed by atoms with Gasteiger partial charge in [0.1, 0.15) is 0 Å². The van der Waals surface area contributed by atoms with Crippen molar-refractivity contribution in [3.63, 3.8) is 0 Å². The van der Waals surface area contributed by atoms with Crippen LogP contribution < -0.4 is 0 Å². The Hall–Kier alpha value is -0.110. The molecule has 0 aliphatic rings. The lowest BCUT2D eigenvalue weighted by atomic mass is 10.2. The van der Waals surface area contributed by atoms with Crippen LogP contribution in [-0.4, -0.2) is 20.4 Å². The zero-order valence-corrected chi connectivity index (χ0v) is 8.14. The molecular weight excluding hydrogens is 163 g/mol. The van der Waals surface area contributed by atoms with Crippen LogP contribution in [0.3, 0.4) is 0 Å². The van der Waals surface area contributed by atoms with Crippen LogP contribution in [-0.2, 0) is 13.6 Å². The van der Waals surface area contributed by atoms with Crippen LogP contribution in [0, 0.1) is 5.92 Å². The number of allylic oxidation sites excluding steroid dienone is 1. The molecule has 0 N–H and O–H groups in total. The minimum atomic E-state index is -2.83. The molecule has 0 radical (unpaired) electrons. The van der Waals surface area contributed by atoms with Crippen molar-refractivity contribution in [3.8, 4) is 0 Å². The predicted octanol–water partition coefficient (Wildman–Crippen LogP) is 2.29. The molecule has 0 spiro atoms. The van der Waals surface area contributed by atoms with Gasteiger partial charge in [0.2, 0.25) is 0 Å². The van der Waals surface area contributed by atoms with E-state index in [2.05, 4.69) is 6.58 Å². The average molecular weight is 178 g/mol. The fourth-order valence-corrected chi connectivity index (χ4v) is 1.95. The zero-order valence-electron chi connectivity index (χ0n) is 7.24. The Morgan fingerprint density at radius 3 is 2.27 bits per heavy atom. The van der Waals surface area contributed by atoms with Crippen molar-refractivity contribution in [2.24, 2.45) is 5.92 Å². The molecule has 11 heavy (non-hydrogen) atoms. The Kier molecular flexibility index (Phi) is 4.66. The van der Waals surface area contributed by atoms with Gasteiger partial charge in [0.05, 0.1) is 6.16 Å². The predicted molar refractivity (Wildman–Crippen MR) is 45.9 cm³/mol. The summed E-state index contributed by atoms with van der Waals surface area (Å²) in [5.41, 5.74) is 0. The fraction of sp³-hybridized carbons (Fsp3) is 0.714. The Morgan fingerprint density at radius 2 is 2.00 bits per heavy atom. The topological polar surface area (TPSA) is 35.5 Å². The van der Waals surface area contributed by atoms with E-state index in [4.69, 9.17) is 9.05 Å². The van der Waals surface area contributed by atoms with Crippen molar-refractivity contribution < 1.29 is 13.6 Å². The van der Waals surface area contributed by atoms with Crippen molar-refractivity contribution in [1.29, 1.82) is 0 Å². The normalized spacial score (nSPS) is 14.5. The van der Waals surface area contributed by atoms with E-state index in [1.807, 2.05) is 6.92 Å². The summed E-state index contributed by atoms with van der Waals surface area (Å²) in [5, 5.41) is 0. The summed E-state index contributed by atoms with van der Waals surface area (Å²) >= 11 is 0. The highest BCUT2D eigenvalue weighted by Gasteiger charge is 2.22. The van der Waals surface area contributed by atoms with Gasteiger partial charge in [-0.15, -0.1) is 6.58 Å². The average Bonchev–Trinajstić information content (AvgIpc) is 2.04. The standard InChI is InChI=1S/C7H15O3P/c1-5-7(2)6-11(8,9-3)10-4/h5,7H,1,6H2,2-4H3/t7-/m0/s1. The molecule has 1 atom stereocenters. The summed E-state index contributed by atoms with van der Waals surface area (Å²) in [6, 6.07) is 0. The summed E-state index contributed by atoms with van der Waals surface area (Å²) in [6.45, 7) is 5.50. The van der Waals surface area contributed by atoms with E-state index in [9.17, 15) is 4.57 Å². The van der Waals surface area contributed by atoms with Crippen molar-refractivity contribution >= 4 is 7.60 Å². The quantitative estimate of drug-likeness (QED) is 0.478. The molecule has 0 heterocycles. The molecule has 0 saturated carbocycles. The molecule has 3 nitrogen and oxygen atoms in total. The van der Waals surface area contributed by atoms with Crippen LogP contribution in [0.15, 0.2) is 12.7 Å². The summed E-state index contributed by atoms with van der Waals surface area (Å²) in [6.07, 6.45) is 2.12. The molecule has 0 aromatic carbocycles. The Morgan fingerprint density at radius 1 is 1.55 bits per heavy atom. The van der Waals surface area contributed by atoms with Crippen LogP contribution >= 0.6 is 7.60 Å². The SMILES string of the molecule is C=C[C@H](C)CP(=O)(OC)OC. The molecule has 4 heteroatoms. The molecular formula is C7H15O3P. The lowest BCUT2D eigenvalue weighted by Crippen LogP contribution is -2.01. The molecule has 0 unspecified atom stereocenters. The second-order valence-electron chi connectivity index (χ2n) is 2.37. The fourth-order valence-electron chi connectivity index (χ4n) is 0.651. The number of hydrogen-bond acceptors (Lipinski definition) is 3. The van der Waals surface area contributed by atoms with E-state index in [-0.39, 0.29) is 5.92 Å². The summed E-state index contributed by atoms with van der Waals surface area (Å²) in [7, 11) is -0.0471. The Balaban J connectivity index is 4.08. The number of hydrogen-bond donors (Lipinski definition) is 0. The van der Waals surface area contributed by atoms with E-state index in [0.717, 1.165) is 0 Å². The van der Waals surface area contributed by atoms with Crippen LogP contribution in [0.4, 0.5) is 0 Å². The van der Waals surface area contributed by atoms with Gasteiger partial charge < -0.3 is 9.05 Å². The van der Waals surface area contributed by atoms with Gasteiger partial charge >= 0.3 is 7.60 Å². The Labute approximate surface area is 67.9 Å². The molecule has 0 fully saturated rings. The first kappa shape index (κ1) is 10.9. The van der Waals surface area contributed by atoms with Crippen LogP contribution in [0.1, 0.15) is 6.92 Å². The van der Waals surface area contributed by atoms with Crippen molar-refractivity contribution in [1.82, 2.24) is 0 Å². The monoisotopic (exact) mass is 178 g/mol. The second kappa shape index (κ2) is 4.70. The molecule has 0 bridgehead atoms. The largest absolute Gasteiger partial charge is 0.330 e. The minimum Gasteiger partial charge on any atom is -0.312 e. The van der Waals surface area contributed by atoms with Crippen molar-refractivity contribution in [3.05, 3.63) is 12.7 Å². The van der Waals surface area contributed by atoms with Gasteiger partial charge in [0.15, 0.2) is 0 Å². The summed E-state index contributed by atoms with van der Waals surface area (Å²) in [5.74, 6) is 0.153. The molecule has 0 amide bonds. The van der Waals surface area contributed by atoms with Crippen molar-refractivity contribution in [2.75, 3.05) is 20.4 Å². The first-order valence-electron chi connectivity index (χ1n) is 3.41. The zero-order chi connectivity index (χ0) is 8.91. The third kappa shape index (κ3) is 3.71. The first-order valence-corrected chi connectivity index (χ1v) is 5.14.